The van der Waals surface area contributed by atoms with E-state index in [1.54, 1.807) is 0 Å². The monoisotopic (exact) mass is 261 g/mol. The molecule has 0 bridgehead atoms. The van der Waals surface area contributed by atoms with Gasteiger partial charge in [0, 0.05) is 11.2 Å². The van der Waals surface area contributed by atoms with Crippen LogP contribution in [0, 0.1) is 0 Å². The van der Waals surface area contributed by atoms with Gasteiger partial charge in [-0.3, -0.25) is 9.59 Å². The summed E-state index contributed by atoms with van der Waals surface area (Å²) in [5.41, 5.74) is 4.06. The summed E-state index contributed by atoms with van der Waals surface area (Å²) < 4.78 is 11.4. The Hall–Kier alpha value is -0.990. The van der Waals surface area contributed by atoms with Crippen molar-refractivity contribution in [1.82, 2.24) is 9.97 Å². The number of amides is 1. The summed E-state index contributed by atoms with van der Waals surface area (Å²) in [6, 6.07) is 0. The van der Waals surface area contributed by atoms with E-state index in [2.05, 4.69) is 9.97 Å². The van der Waals surface area contributed by atoms with E-state index in [0.29, 0.717) is 10.9 Å². The number of thioether (sulfide) groups is 1. The number of aromatic nitrogens is 2. The smallest absolute Gasteiger partial charge is 0.269 e. The Bertz CT molecular complexity index is 458. The number of H-pyrrole nitrogens is 1. The summed E-state index contributed by atoms with van der Waals surface area (Å²) in [5.74, 6) is -0.221. The first kappa shape index (κ1) is 13.1. The van der Waals surface area contributed by atoms with Crippen molar-refractivity contribution in [2.75, 3.05) is 12.0 Å². The molecule has 6 nitrogen and oxygen atoms in total. The first-order valence-corrected chi connectivity index (χ1v) is 6.92. The van der Waals surface area contributed by atoms with Crippen molar-refractivity contribution in [3.8, 4) is 0 Å². The summed E-state index contributed by atoms with van der Waals surface area (Å²) in [7, 11) is 0. The van der Waals surface area contributed by atoms with Gasteiger partial charge in [-0.25, -0.2) is 0 Å². The lowest BCUT2D eigenvalue weighted by molar-refractivity contribution is 0.0994. The van der Waals surface area contributed by atoms with Crippen molar-refractivity contribution in [2.45, 2.75) is 17.1 Å². The van der Waals surface area contributed by atoms with E-state index in [4.69, 9.17) is 5.73 Å². The van der Waals surface area contributed by atoms with E-state index in [1.807, 2.05) is 6.92 Å². The molecule has 1 atom stereocenters. The molecule has 0 aliphatic rings. The molecule has 0 saturated heterocycles. The van der Waals surface area contributed by atoms with Gasteiger partial charge in [0.15, 0.2) is 10.7 Å². The van der Waals surface area contributed by atoms with Crippen LogP contribution >= 0.6 is 11.8 Å². The second-order valence-electron chi connectivity index (χ2n) is 2.80. The number of carbonyl (C=O) groups is 1. The lowest BCUT2D eigenvalue weighted by atomic mass is 10.3. The molecular weight excluding hydrogens is 250 g/mol. The fourth-order valence-electron chi connectivity index (χ4n) is 1.06. The molecule has 8 heteroatoms. The fourth-order valence-corrected chi connectivity index (χ4v) is 2.42. The number of aromatic amines is 1. The van der Waals surface area contributed by atoms with E-state index in [-0.39, 0.29) is 10.6 Å². The Morgan fingerprint density at radius 2 is 2.31 bits per heavy atom. The molecule has 1 unspecified atom stereocenters. The van der Waals surface area contributed by atoms with Crippen LogP contribution in [0.2, 0.25) is 0 Å². The maximum Gasteiger partial charge on any atom is 0.269 e. The minimum Gasteiger partial charge on any atom is -0.610 e. The molecule has 0 radical (unpaired) electrons. The highest BCUT2D eigenvalue weighted by atomic mass is 32.2. The van der Waals surface area contributed by atoms with Crippen LogP contribution in [0.3, 0.4) is 0 Å². The Morgan fingerprint density at radius 3 is 2.75 bits per heavy atom. The lowest BCUT2D eigenvalue weighted by Crippen LogP contribution is -2.28. The van der Waals surface area contributed by atoms with Gasteiger partial charge in [0.05, 0.1) is 0 Å². The SMILES string of the molecule is CCSc1nc([S+](C)[O-])c(C(N)=O)c(=O)[nH]1. The summed E-state index contributed by atoms with van der Waals surface area (Å²) in [6.07, 6.45) is 1.34. The van der Waals surface area contributed by atoms with Crippen molar-refractivity contribution in [3.05, 3.63) is 15.9 Å². The second-order valence-corrected chi connectivity index (χ2v) is 5.35. The summed E-state index contributed by atoms with van der Waals surface area (Å²) in [4.78, 5) is 28.9. The van der Waals surface area contributed by atoms with E-state index in [0.717, 1.165) is 0 Å². The van der Waals surface area contributed by atoms with Gasteiger partial charge in [-0.05, 0) is 5.75 Å². The first-order chi connectivity index (χ1) is 7.47. The lowest BCUT2D eigenvalue weighted by Gasteiger charge is -2.07. The highest BCUT2D eigenvalue weighted by molar-refractivity contribution is 7.99. The average molecular weight is 261 g/mol. The molecule has 0 fully saturated rings. The van der Waals surface area contributed by atoms with Crippen molar-refractivity contribution in [1.29, 1.82) is 0 Å². The minimum atomic E-state index is -1.53. The average Bonchev–Trinajstić information content (AvgIpc) is 2.16. The first-order valence-electron chi connectivity index (χ1n) is 4.37. The number of nitrogens with two attached hydrogens (primary N) is 1. The molecule has 0 aromatic carbocycles. The summed E-state index contributed by atoms with van der Waals surface area (Å²) in [5, 5.41) is 0.273. The maximum absolute atomic E-state index is 11.5. The van der Waals surface area contributed by atoms with Gasteiger partial charge in [0.2, 0.25) is 0 Å². The Labute approximate surface area is 99.2 Å². The van der Waals surface area contributed by atoms with Crippen LogP contribution < -0.4 is 11.3 Å². The van der Waals surface area contributed by atoms with Crippen molar-refractivity contribution < 1.29 is 9.35 Å². The predicted octanol–water partition coefficient (Wildman–Crippen LogP) is -0.282. The third kappa shape index (κ3) is 2.77. The van der Waals surface area contributed by atoms with Crippen LogP contribution in [0.15, 0.2) is 15.0 Å². The minimum absolute atomic E-state index is 0.0628. The Kier molecular flexibility index (Phi) is 4.39. The number of primary amides is 1. The second kappa shape index (κ2) is 5.37. The largest absolute Gasteiger partial charge is 0.610 e. The molecule has 1 amide bonds. The zero-order valence-electron chi connectivity index (χ0n) is 8.77. The number of hydrogen-bond acceptors (Lipinski definition) is 5. The third-order valence-corrected chi connectivity index (χ3v) is 3.26. The number of nitrogens with one attached hydrogen (secondary N) is 1. The molecule has 0 aliphatic heterocycles. The Morgan fingerprint density at radius 1 is 1.69 bits per heavy atom. The third-order valence-electron chi connectivity index (χ3n) is 1.66. The highest BCUT2D eigenvalue weighted by Crippen LogP contribution is 2.15. The molecule has 1 aromatic heterocycles. The molecule has 0 spiro atoms. The molecule has 1 rings (SSSR count). The van der Waals surface area contributed by atoms with Crippen LogP contribution in [0.1, 0.15) is 17.3 Å². The number of carbonyl (C=O) groups excluding carboxylic acids is 1. The number of rotatable bonds is 4. The molecule has 88 valence electrons. The van der Waals surface area contributed by atoms with Crippen LogP contribution in [-0.4, -0.2) is 32.4 Å². The summed E-state index contributed by atoms with van der Waals surface area (Å²) >= 11 is -0.242. The number of hydrogen-bond donors (Lipinski definition) is 2. The molecule has 0 aliphatic carbocycles. The van der Waals surface area contributed by atoms with E-state index < -0.39 is 22.6 Å². The van der Waals surface area contributed by atoms with E-state index >= 15 is 0 Å². The van der Waals surface area contributed by atoms with Gasteiger partial charge in [-0.2, -0.15) is 4.98 Å². The zero-order chi connectivity index (χ0) is 12.3. The highest BCUT2D eigenvalue weighted by Gasteiger charge is 2.23. The van der Waals surface area contributed by atoms with Crippen LogP contribution in [0.4, 0.5) is 0 Å². The molecule has 1 heterocycles. The zero-order valence-corrected chi connectivity index (χ0v) is 10.4. The van der Waals surface area contributed by atoms with Gasteiger partial charge >= 0.3 is 0 Å². The molecule has 16 heavy (non-hydrogen) atoms. The van der Waals surface area contributed by atoms with Crippen molar-refractivity contribution in [2.24, 2.45) is 5.73 Å². The van der Waals surface area contributed by atoms with Crippen molar-refractivity contribution >= 4 is 28.8 Å². The summed E-state index contributed by atoms with van der Waals surface area (Å²) in [6.45, 7) is 1.88. The van der Waals surface area contributed by atoms with Gasteiger partial charge in [0.1, 0.15) is 6.26 Å². The van der Waals surface area contributed by atoms with Crippen LogP contribution in [-0.2, 0) is 11.2 Å². The maximum atomic E-state index is 11.5. The molecule has 0 saturated carbocycles. The van der Waals surface area contributed by atoms with Gasteiger partial charge in [0.25, 0.3) is 16.5 Å². The van der Waals surface area contributed by atoms with Crippen LogP contribution in [0.25, 0.3) is 0 Å². The molecular formula is C8H11N3O3S2. The topological polar surface area (TPSA) is 112 Å². The van der Waals surface area contributed by atoms with Crippen molar-refractivity contribution in [3.63, 3.8) is 0 Å². The van der Waals surface area contributed by atoms with Gasteiger partial charge in [-0.1, -0.05) is 18.7 Å². The fraction of sp³-hybridized carbons (Fsp3) is 0.375. The quantitative estimate of drug-likeness (QED) is 0.335. The number of nitrogens with zero attached hydrogens (tertiary/aromatic N) is 1. The standard InChI is InChI=1S/C8H11N3O3S2/c1-3-15-8-10-6(13)4(5(9)12)7(11-8)16(2)14/h3H2,1-2H3,(H2,9,12)(H,10,11,13). The normalized spacial score (nSPS) is 12.4. The van der Waals surface area contributed by atoms with E-state index in [9.17, 15) is 14.1 Å². The van der Waals surface area contributed by atoms with Gasteiger partial charge in [-0.15, -0.1) is 0 Å². The molecule has 1 aromatic rings. The Balaban J connectivity index is 3.40. The van der Waals surface area contributed by atoms with Gasteiger partial charge < -0.3 is 15.3 Å². The predicted molar refractivity (Wildman–Crippen MR) is 62.1 cm³/mol. The van der Waals surface area contributed by atoms with Crippen LogP contribution in [0.5, 0.6) is 0 Å². The van der Waals surface area contributed by atoms with E-state index in [1.165, 1.54) is 18.0 Å². The molecule has 3 N–H and O–H groups in total.